The predicted octanol–water partition coefficient (Wildman–Crippen LogP) is 6.67. The number of nitrogens with two attached hydrogens (primary N) is 1. The number of carbonyl (C=O) groups is 1. The van der Waals surface area contributed by atoms with Crippen LogP contribution in [0.5, 0.6) is 5.75 Å². The van der Waals surface area contributed by atoms with Crippen molar-refractivity contribution in [2.24, 2.45) is 0 Å². The van der Waals surface area contributed by atoms with Gasteiger partial charge in [-0.2, -0.15) is 17.6 Å². The zero-order chi connectivity index (χ0) is 28.6. The normalized spacial score (nSPS) is 11.4. The van der Waals surface area contributed by atoms with E-state index < -0.39 is 23.6 Å². The van der Waals surface area contributed by atoms with E-state index in [1.165, 1.54) is 31.5 Å². The predicted molar refractivity (Wildman–Crippen MR) is 143 cm³/mol. The number of rotatable bonds is 5. The molecule has 2 aromatic heterocycles. The first-order chi connectivity index (χ1) is 19.0. The number of nitrogen functional groups attached to an aromatic ring is 1. The highest BCUT2D eigenvalue weighted by Gasteiger charge is 2.31. The summed E-state index contributed by atoms with van der Waals surface area (Å²) in [5.41, 5.74) is 8.74. The van der Waals surface area contributed by atoms with Crippen molar-refractivity contribution in [3.63, 3.8) is 0 Å². The van der Waals surface area contributed by atoms with E-state index >= 15 is 0 Å². The number of nitrogens with zero attached hydrogens (tertiary/aromatic N) is 3. The summed E-state index contributed by atoms with van der Waals surface area (Å²) in [7, 11) is 1.48. The number of hydrogen-bond donors (Lipinski definition) is 2. The molecular formula is C29H21F4N5O2. The van der Waals surface area contributed by atoms with E-state index in [2.05, 4.69) is 20.3 Å². The van der Waals surface area contributed by atoms with Gasteiger partial charge >= 0.3 is 6.18 Å². The molecule has 5 aromatic rings. The molecule has 0 saturated heterocycles. The van der Waals surface area contributed by atoms with Crippen molar-refractivity contribution < 1.29 is 27.1 Å². The number of anilines is 2. The number of benzene rings is 3. The zero-order valence-corrected chi connectivity index (χ0v) is 21.2. The average molecular weight is 548 g/mol. The highest BCUT2D eigenvalue weighted by atomic mass is 19.4. The van der Waals surface area contributed by atoms with Crippen molar-refractivity contribution in [1.82, 2.24) is 15.0 Å². The van der Waals surface area contributed by atoms with Crippen molar-refractivity contribution in [3.05, 3.63) is 95.7 Å². The van der Waals surface area contributed by atoms with Crippen LogP contribution in [0.15, 0.2) is 73.1 Å². The number of aryl methyl sites for hydroxylation is 1. The molecule has 0 unspecified atom stereocenters. The lowest BCUT2D eigenvalue weighted by Gasteiger charge is -2.19. The van der Waals surface area contributed by atoms with Crippen molar-refractivity contribution in [2.75, 3.05) is 18.2 Å². The molecule has 0 aliphatic rings. The van der Waals surface area contributed by atoms with E-state index in [0.717, 1.165) is 17.7 Å². The second kappa shape index (κ2) is 10.3. The molecule has 40 heavy (non-hydrogen) atoms. The number of carbonyl (C=O) groups excluding carboxylic acids is 1. The van der Waals surface area contributed by atoms with Gasteiger partial charge in [0.05, 0.1) is 23.8 Å². The van der Waals surface area contributed by atoms with E-state index in [-0.39, 0.29) is 11.5 Å². The third-order valence-electron chi connectivity index (χ3n) is 6.30. The van der Waals surface area contributed by atoms with Crippen LogP contribution < -0.4 is 15.8 Å². The quantitative estimate of drug-likeness (QED) is 0.188. The lowest BCUT2D eigenvalue weighted by atomic mass is 9.92. The molecule has 1 amide bonds. The minimum Gasteiger partial charge on any atom is -0.495 e. The van der Waals surface area contributed by atoms with Crippen molar-refractivity contribution in [3.8, 4) is 28.0 Å². The number of alkyl halides is 3. The monoisotopic (exact) mass is 547 g/mol. The minimum atomic E-state index is -4.58. The molecule has 0 spiro atoms. The molecule has 0 atom stereocenters. The molecule has 5 rings (SSSR count). The smallest absolute Gasteiger partial charge is 0.416 e. The highest BCUT2D eigenvalue weighted by Crippen LogP contribution is 2.45. The van der Waals surface area contributed by atoms with Gasteiger partial charge in [0.25, 0.3) is 5.91 Å². The number of nitrogens with one attached hydrogen (secondary N) is 1. The topological polar surface area (TPSA) is 103 Å². The third-order valence-corrected chi connectivity index (χ3v) is 6.30. The van der Waals surface area contributed by atoms with Gasteiger partial charge in [-0.15, -0.1) is 0 Å². The molecule has 0 aliphatic heterocycles. The average Bonchev–Trinajstić information content (AvgIpc) is 2.93. The highest BCUT2D eigenvalue weighted by molar-refractivity contribution is 6.06. The fourth-order valence-electron chi connectivity index (χ4n) is 4.41. The molecule has 0 aliphatic carbocycles. The van der Waals surface area contributed by atoms with Crippen molar-refractivity contribution in [1.29, 1.82) is 0 Å². The number of hydrogen-bond acceptors (Lipinski definition) is 6. The molecule has 0 radical (unpaired) electrons. The summed E-state index contributed by atoms with van der Waals surface area (Å²) < 4.78 is 58.9. The van der Waals surface area contributed by atoms with Crippen molar-refractivity contribution in [2.45, 2.75) is 13.1 Å². The number of halogens is 4. The van der Waals surface area contributed by atoms with Crippen LogP contribution in [0.1, 0.15) is 21.5 Å². The lowest BCUT2D eigenvalue weighted by molar-refractivity contribution is -0.137. The van der Waals surface area contributed by atoms with E-state index in [1.54, 1.807) is 36.5 Å². The van der Waals surface area contributed by atoms with Gasteiger partial charge in [0.2, 0.25) is 11.9 Å². The number of methoxy groups -OCH3 is 1. The van der Waals surface area contributed by atoms with Gasteiger partial charge in [-0.1, -0.05) is 12.1 Å². The summed E-state index contributed by atoms with van der Waals surface area (Å²) >= 11 is 0. The molecule has 3 aromatic carbocycles. The maximum absolute atomic E-state index is 13.6. The third kappa shape index (κ3) is 5.13. The largest absolute Gasteiger partial charge is 0.495 e. The Labute approximate surface area is 225 Å². The summed E-state index contributed by atoms with van der Waals surface area (Å²) in [6.45, 7) is 1.86. The van der Waals surface area contributed by atoms with Gasteiger partial charge < -0.3 is 15.8 Å². The minimum absolute atomic E-state index is 0.0362. The Morgan fingerprint density at radius 1 is 0.975 bits per heavy atom. The lowest BCUT2D eigenvalue weighted by Crippen LogP contribution is -2.14. The number of pyridine rings is 1. The molecule has 0 saturated carbocycles. The number of ether oxygens (including phenoxy) is 1. The molecule has 2 heterocycles. The SMILES string of the molecule is COc1c(-c2cc(NC(=O)c3cccc(C(F)(F)F)c3)ccc2C)cc2cnc(N)nc2c1-c1ccc(F)nc1. The fourth-order valence-corrected chi connectivity index (χ4v) is 4.41. The Morgan fingerprint density at radius 2 is 1.77 bits per heavy atom. The number of fused-ring (bicyclic) bond motifs is 1. The van der Waals surface area contributed by atoms with Gasteiger partial charge in [0.15, 0.2) is 0 Å². The van der Waals surface area contributed by atoms with Crippen LogP contribution >= 0.6 is 0 Å². The molecule has 11 heteroatoms. The summed E-state index contributed by atoms with van der Waals surface area (Å²) in [6.07, 6.45) is -1.67. The molecule has 3 N–H and O–H groups in total. The maximum Gasteiger partial charge on any atom is 0.416 e. The van der Waals surface area contributed by atoms with Crippen LogP contribution in [-0.4, -0.2) is 28.0 Å². The van der Waals surface area contributed by atoms with Crippen LogP contribution in [0, 0.1) is 12.9 Å². The summed E-state index contributed by atoms with van der Waals surface area (Å²) in [4.78, 5) is 25.1. The zero-order valence-electron chi connectivity index (χ0n) is 21.2. The summed E-state index contributed by atoms with van der Waals surface area (Å²) in [5.74, 6) is -0.928. The molecule has 0 fully saturated rings. The molecule has 0 bridgehead atoms. The Balaban J connectivity index is 1.63. The number of amides is 1. The molecule has 202 valence electrons. The van der Waals surface area contributed by atoms with E-state index in [1.807, 2.05) is 6.92 Å². The van der Waals surface area contributed by atoms with Crippen LogP contribution in [0.2, 0.25) is 0 Å². The first-order valence-electron chi connectivity index (χ1n) is 11.9. The standard InChI is InChI=1S/C29H21F4N5O2/c1-15-6-8-20(37-27(39)16-4-3-5-19(10-16)29(31,32)33)12-21(15)22-11-18-14-36-28(34)38-25(18)24(26(22)40-2)17-7-9-23(30)35-13-17/h3-14H,1-2H3,(H,37,39)(H2,34,36,38). The van der Waals surface area contributed by atoms with Crippen LogP contribution in [0.3, 0.4) is 0 Å². The molecular weight excluding hydrogens is 526 g/mol. The fraction of sp³-hybridized carbons (Fsp3) is 0.103. The first kappa shape index (κ1) is 26.5. The van der Waals surface area contributed by atoms with Crippen LogP contribution in [0.4, 0.5) is 29.2 Å². The van der Waals surface area contributed by atoms with Gasteiger partial charge in [0.1, 0.15) is 5.75 Å². The second-order valence-corrected chi connectivity index (χ2v) is 8.93. The van der Waals surface area contributed by atoms with E-state index in [0.29, 0.717) is 44.6 Å². The van der Waals surface area contributed by atoms with Crippen molar-refractivity contribution >= 4 is 28.4 Å². The molecule has 7 nitrogen and oxygen atoms in total. The van der Waals surface area contributed by atoms with Gasteiger partial charge in [-0.25, -0.2) is 15.0 Å². The summed E-state index contributed by atoms with van der Waals surface area (Å²) in [5, 5.41) is 3.28. The summed E-state index contributed by atoms with van der Waals surface area (Å²) in [6, 6.07) is 13.8. The Bertz CT molecular complexity index is 1760. The second-order valence-electron chi connectivity index (χ2n) is 8.93. The van der Waals surface area contributed by atoms with E-state index in [9.17, 15) is 22.4 Å². The van der Waals surface area contributed by atoms with Gasteiger partial charge in [-0.05, 0) is 66.6 Å². The van der Waals surface area contributed by atoms with Crippen LogP contribution in [-0.2, 0) is 6.18 Å². The Kier molecular flexibility index (Phi) is 6.80. The van der Waals surface area contributed by atoms with Crippen LogP contribution in [0.25, 0.3) is 33.2 Å². The maximum atomic E-state index is 13.6. The number of aromatic nitrogens is 3. The van der Waals surface area contributed by atoms with Gasteiger partial charge in [0, 0.05) is 40.2 Å². The Morgan fingerprint density at radius 3 is 2.48 bits per heavy atom. The first-order valence-corrected chi connectivity index (χ1v) is 11.9. The Hall–Kier alpha value is -5.06. The van der Waals surface area contributed by atoms with Gasteiger partial charge in [-0.3, -0.25) is 4.79 Å². The van der Waals surface area contributed by atoms with E-state index in [4.69, 9.17) is 10.5 Å².